The van der Waals surface area contributed by atoms with Crippen molar-refractivity contribution in [3.63, 3.8) is 0 Å². The van der Waals surface area contributed by atoms with Gasteiger partial charge in [-0.05, 0) is 17.5 Å². The second-order valence-electron chi connectivity index (χ2n) is 4.28. The molecule has 0 bridgehead atoms. The zero-order valence-corrected chi connectivity index (χ0v) is 10.4. The Morgan fingerprint density at radius 3 is 2.47 bits per heavy atom. The van der Waals surface area contributed by atoms with Crippen LogP contribution in [-0.2, 0) is 13.5 Å². The Balaban J connectivity index is 2.32. The van der Waals surface area contributed by atoms with E-state index in [0.29, 0.717) is 6.54 Å². The molecule has 0 radical (unpaired) electrons. The van der Waals surface area contributed by atoms with E-state index in [2.05, 4.69) is 36.2 Å². The monoisotopic (exact) mass is 229 g/mol. The zero-order valence-electron chi connectivity index (χ0n) is 10.4. The maximum absolute atomic E-state index is 5.88. The second kappa shape index (κ2) is 5.15. The van der Waals surface area contributed by atoms with E-state index in [-0.39, 0.29) is 5.92 Å². The van der Waals surface area contributed by atoms with Crippen molar-refractivity contribution in [2.24, 2.45) is 12.8 Å². The summed E-state index contributed by atoms with van der Waals surface area (Å²) in [4.78, 5) is 4.39. The van der Waals surface area contributed by atoms with Crippen LogP contribution in [0.2, 0.25) is 0 Å². The van der Waals surface area contributed by atoms with Crippen molar-refractivity contribution in [1.82, 2.24) is 9.55 Å². The zero-order chi connectivity index (χ0) is 12.3. The van der Waals surface area contributed by atoms with Gasteiger partial charge in [-0.3, -0.25) is 0 Å². The van der Waals surface area contributed by atoms with E-state index in [1.165, 1.54) is 11.1 Å². The standard InChI is InChI=1S/C14H19N3/c1-3-11-4-6-12(7-5-11)13(10-15)14-16-8-9-17(14)2/h4-9,13H,3,10,15H2,1-2H3. The molecule has 90 valence electrons. The fraction of sp³-hybridized carbons (Fsp3) is 0.357. The smallest absolute Gasteiger partial charge is 0.117 e. The van der Waals surface area contributed by atoms with Crippen LogP contribution in [0.15, 0.2) is 36.7 Å². The molecule has 0 spiro atoms. The maximum Gasteiger partial charge on any atom is 0.117 e. The van der Waals surface area contributed by atoms with Gasteiger partial charge in [0, 0.05) is 26.0 Å². The van der Waals surface area contributed by atoms with Crippen LogP contribution in [0.5, 0.6) is 0 Å². The van der Waals surface area contributed by atoms with E-state index in [0.717, 1.165) is 12.2 Å². The maximum atomic E-state index is 5.88. The fourth-order valence-corrected chi connectivity index (χ4v) is 2.09. The molecule has 3 nitrogen and oxygen atoms in total. The molecule has 1 unspecified atom stereocenters. The minimum Gasteiger partial charge on any atom is -0.337 e. The summed E-state index contributed by atoms with van der Waals surface area (Å²) in [6.07, 6.45) is 4.84. The quantitative estimate of drug-likeness (QED) is 0.872. The first-order valence-corrected chi connectivity index (χ1v) is 6.02. The van der Waals surface area contributed by atoms with Crippen LogP contribution in [0.4, 0.5) is 0 Å². The number of hydrogen-bond acceptors (Lipinski definition) is 2. The van der Waals surface area contributed by atoms with E-state index < -0.39 is 0 Å². The fourth-order valence-electron chi connectivity index (χ4n) is 2.09. The van der Waals surface area contributed by atoms with Crippen LogP contribution >= 0.6 is 0 Å². The lowest BCUT2D eigenvalue weighted by Gasteiger charge is -2.15. The van der Waals surface area contributed by atoms with Crippen molar-refractivity contribution in [2.75, 3.05) is 6.54 Å². The van der Waals surface area contributed by atoms with Crippen molar-refractivity contribution in [1.29, 1.82) is 0 Å². The summed E-state index contributed by atoms with van der Waals surface area (Å²) in [7, 11) is 2.01. The summed E-state index contributed by atoms with van der Waals surface area (Å²) in [6.45, 7) is 2.74. The highest BCUT2D eigenvalue weighted by Crippen LogP contribution is 2.22. The minimum atomic E-state index is 0.181. The SMILES string of the molecule is CCc1ccc(C(CN)c2nccn2C)cc1. The number of aryl methyl sites for hydroxylation is 2. The first-order chi connectivity index (χ1) is 8.26. The Morgan fingerprint density at radius 1 is 1.29 bits per heavy atom. The summed E-state index contributed by atoms with van der Waals surface area (Å²) < 4.78 is 2.03. The van der Waals surface area contributed by atoms with Gasteiger partial charge in [-0.2, -0.15) is 0 Å². The van der Waals surface area contributed by atoms with Gasteiger partial charge < -0.3 is 10.3 Å². The van der Waals surface area contributed by atoms with E-state index in [4.69, 9.17) is 5.73 Å². The lowest BCUT2D eigenvalue weighted by atomic mass is 9.97. The second-order valence-corrected chi connectivity index (χ2v) is 4.28. The molecular weight excluding hydrogens is 210 g/mol. The van der Waals surface area contributed by atoms with Gasteiger partial charge in [0.25, 0.3) is 0 Å². The Labute approximate surface area is 102 Å². The molecule has 17 heavy (non-hydrogen) atoms. The van der Waals surface area contributed by atoms with Gasteiger partial charge in [0.1, 0.15) is 5.82 Å². The Hall–Kier alpha value is -1.61. The van der Waals surface area contributed by atoms with Crippen LogP contribution < -0.4 is 5.73 Å². The number of imidazole rings is 1. The van der Waals surface area contributed by atoms with Crippen LogP contribution in [0.1, 0.15) is 29.8 Å². The number of nitrogens with zero attached hydrogens (tertiary/aromatic N) is 2. The van der Waals surface area contributed by atoms with E-state index in [1.807, 2.05) is 24.0 Å². The van der Waals surface area contributed by atoms with Crippen LogP contribution in [-0.4, -0.2) is 16.1 Å². The third kappa shape index (κ3) is 2.39. The van der Waals surface area contributed by atoms with Crippen LogP contribution in [0.25, 0.3) is 0 Å². The molecule has 0 amide bonds. The van der Waals surface area contributed by atoms with Gasteiger partial charge in [-0.1, -0.05) is 31.2 Å². The van der Waals surface area contributed by atoms with Gasteiger partial charge in [0.2, 0.25) is 0 Å². The van der Waals surface area contributed by atoms with Gasteiger partial charge in [0.15, 0.2) is 0 Å². The third-order valence-corrected chi connectivity index (χ3v) is 3.20. The molecule has 0 aliphatic heterocycles. The molecule has 1 heterocycles. The number of hydrogen-bond donors (Lipinski definition) is 1. The van der Waals surface area contributed by atoms with Crippen molar-refractivity contribution < 1.29 is 0 Å². The van der Waals surface area contributed by atoms with Crippen LogP contribution in [0, 0.1) is 0 Å². The Kier molecular flexibility index (Phi) is 3.59. The van der Waals surface area contributed by atoms with E-state index in [1.54, 1.807) is 0 Å². The van der Waals surface area contributed by atoms with Gasteiger partial charge >= 0.3 is 0 Å². The van der Waals surface area contributed by atoms with Crippen molar-refractivity contribution >= 4 is 0 Å². The largest absolute Gasteiger partial charge is 0.337 e. The number of benzene rings is 1. The number of rotatable bonds is 4. The lowest BCUT2D eigenvalue weighted by Crippen LogP contribution is -2.17. The molecule has 1 aromatic heterocycles. The Bertz CT molecular complexity index is 470. The first kappa shape index (κ1) is 11.9. The molecule has 3 heteroatoms. The average molecular weight is 229 g/mol. The molecule has 0 aliphatic rings. The molecule has 0 saturated heterocycles. The summed E-state index contributed by atoms with van der Waals surface area (Å²) in [5, 5.41) is 0. The molecule has 0 aliphatic carbocycles. The van der Waals surface area contributed by atoms with Crippen molar-refractivity contribution in [2.45, 2.75) is 19.3 Å². The van der Waals surface area contributed by atoms with Gasteiger partial charge in [-0.15, -0.1) is 0 Å². The molecule has 1 atom stereocenters. The Morgan fingerprint density at radius 2 is 2.00 bits per heavy atom. The average Bonchev–Trinajstić information content (AvgIpc) is 2.78. The van der Waals surface area contributed by atoms with E-state index >= 15 is 0 Å². The normalized spacial score (nSPS) is 12.6. The van der Waals surface area contributed by atoms with Gasteiger partial charge in [-0.25, -0.2) is 4.98 Å². The van der Waals surface area contributed by atoms with Crippen LogP contribution in [0.3, 0.4) is 0 Å². The predicted molar refractivity (Wildman–Crippen MR) is 69.9 cm³/mol. The molecule has 0 fully saturated rings. The third-order valence-electron chi connectivity index (χ3n) is 3.20. The number of aromatic nitrogens is 2. The molecular formula is C14H19N3. The van der Waals surface area contributed by atoms with Crippen molar-refractivity contribution in [3.05, 3.63) is 53.6 Å². The summed E-state index contributed by atoms with van der Waals surface area (Å²) in [5.41, 5.74) is 8.47. The highest BCUT2D eigenvalue weighted by Gasteiger charge is 2.16. The molecule has 0 saturated carbocycles. The van der Waals surface area contributed by atoms with Gasteiger partial charge in [0.05, 0.1) is 5.92 Å². The highest BCUT2D eigenvalue weighted by atomic mass is 15.0. The molecule has 1 aromatic carbocycles. The predicted octanol–water partition coefficient (Wildman–Crippen LogP) is 2.07. The topological polar surface area (TPSA) is 43.8 Å². The minimum absolute atomic E-state index is 0.181. The molecule has 2 N–H and O–H groups in total. The summed E-state index contributed by atoms with van der Waals surface area (Å²) >= 11 is 0. The van der Waals surface area contributed by atoms with E-state index in [9.17, 15) is 0 Å². The first-order valence-electron chi connectivity index (χ1n) is 6.02. The molecule has 2 rings (SSSR count). The highest BCUT2D eigenvalue weighted by molar-refractivity contribution is 5.30. The molecule has 2 aromatic rings. The lowest BCUT2D eigenvalue weighted by molar-refractivity contribution is 0.698. The summed E-state index contributed by atoms with van der Waals surface area (Å²) in [5.74, 6) is 1.21. The number of nitrogens with two attached hydrogens (primary N) is 1. The van der Waals surface area contributed by atoms with Crippen molar-refractivity contribution in [3.8, 4) is 0 Å². The summed E-state index contributed by atoms with van der Waals surface area (Å²) in [6, 6.07) is 8.65.